The Bertz CT molecular complexity index is 628. The van der Waals surface area contributed by atoms with Crippen LogP contribution in [0.15, 0.2) is 42.5 Å². The Morgan fingerprint density at radius 2 is 1.88 bits per heavy atom. The van der Waals surface area contributed by atoms with Gasteiger partial charge in [0.05, 0.1) is 0 Å². The third kappa shape index (κ3) is 5.37. The maximum absolute atomic E-state index is 11.7. The van der Waals surface area contributed by atoms with Crippen LogP contribution in [0.25, 0.3) is 6.08 Å². The molecule has 0 aliphatic heterocycles. The highest BCUT2D eigenvalue weighted by Gasteiger charge is 2.22. The van der Waals surface area contributed by atoms with Crippen LogP contribution in [0.1, 0.15) is 56.1 Å². The van der Waals surface area contributed by atoms with Crippen molar-refractivity contribution >= 4 is 18.0 Å². The smallest absolute Gasteiger partial charge is 0.333 e. The van der Waals surface area contributed by atoms with Crippen molar-refractivity contribution in [3.05, 3.63) is 53.6 Å². The van der Waals surface area contributed by atoms with E-state index in [1.54, 1.807) is 13.0 Å². The first-order chi connectivity index (χ1) is 11.5. The Labute approximate surface area is 142 Å². The van der Waals surface area contributed by atoms with Crippen molar-refractivity contribution in [3.8, 4) is 0 Å². The predicted octanol–water partition coefficient (Wildman–Crippen LogP) is 4.32. The van der Waals surface area contributed by atoms with Crippen molar-refractivity contribution in [1.29, 1.82) is 0 Å². The van der Waals surface area contributed by atoms with Gasteiger partial charge in [0.15, 0.2) is 0 Å². The van der Waals surface area contributed by atoms with Crippen molar-refractivity contribution in [1.82, 2.24) is 0 Å². The summed E-state index contributed by atoms with van der Waals surface area (Å²) in [5.74, 6) is -0.790. The highest BCUT2D eigenvalue weighted by atomic mass is 16.5. The van der Waals surface area contributed by atoms with Gasteiger partial charge in [-0.2, -0.15) is 0 Å². The van der Waals surface area contributed by atoms with E-state index >= 15 is 0 Å². The van der Waals surface area contributed by atoms with Crippen LogP contribution in [0.4, 0.5) is 0 Å². The molecule has 2 unspecified atom stereocenters. The van der Waals surface area contributed by atoms with Crippen LogP contribution in [0.5, 0.6) is 0 Å². The molecular formula is C20H24O4. The molecule has 0 spiro atoms. The van der Waals surface area contributed by atoms with Gasteiger partial charge in [-0.25, -0.2) is 9.59 Å². The van der Waals surface area contributed by atoms with Crippen molar-refractivity contribution < 1.29 is 19.4 Å². The second kappa shape index (κ2) is 8.48. The monoisotopic (exact) mass is 328 g/mol. The van der Waals surface area contributed by atoms with E-state index in [0.717, 1.165) is 43.7 Å². The number of benzene rings is 1. The molecule has 1 aromatic rings. The second-order valence-corrected chi connectivity index (χ2v) is 6.35. The lowest BCUT2D eigenvalue weighted by Crippen LogP contribution is -2.17. The van der Waals surface area contributed by atoms with Crippen LogP contribution in [-0.2, 0) is 14.3 Å². The Kier molecular flexibility index (Phi) is 6.36. The summed E-state index contributed by atoms with van der Waals surface area (Å²) in [6, 6.07) is 8.01. The first-order valence-corrected chi connectivity index (χ1v) is 8.33. The zero-order chi connectivity index (χ0) is 17.5. The topological polar surface area (TPSA) is 63.6 Å². The Balaban J connectivity index is 1.94. The lowest BCUT2D eigenvalue weighted by atomic mass is 9.91. The predicted molar refractivity (Wildman–Crippen MR) is 93.6 cm³/mol. The SMILES string of the molecule is C=C(C)C(=O)OC1CCCC(c2ccc(/C=C/C(=O)O)cc2)CC1. The van der Waals surface area contributed by atoms with Crippen molar-refractivity contribution in [3.63, 3.8) is 0 Å². The van der Waals surface area contributed by atoms with E-state index in [2.05, 4.69) is 18.7 Å². The third-order valence-electron chi connectivity index (χ3n) is 4.36. The molecule has 0 amide bonds. The Morgan fingerprint density at radius 1 is 1.17 bits per heavy atom. The van der Waals surface area contributed by atoms with E-state index in [1.807, 2.05) is 12.1 Å². The molecule has 24 heavy (non-hydrogen) atoms. The van der Waals surface area contributed by atoms with Gasteiger partial charge in [-0.05, 0) is 62.1 Å². The maximum Gasteiger partial charge on any atom is 0.333 e. The van der Waals surface area contributed by atoms with Crippen LogP contribution < -0.4 is 0 Å². The summed E-state index contributed by atoms with van der Waals surface area (Å²) in [6.45, 7) is 5.29. The minimum Gasteiger partial charge on any atom is -0.478 e. The van der Waals surface area contributed by atoms with Gasteiger partial charge in [0, 0.05) is 11.6 Å². The van der Waals surface area contributed by atoms with Gasteiger partial charge in [-0.15, -0.1) is 0 Å². The molecule has 2 rings (SSSR count). The molecule has 128 valence electrons. The fraction of sp³-hybridized carbons (Fsp3) is 0.400. The van der Waals surface area contributed by atoms with Gasteiger partial charge in [0.25, 0.3) is 0 Å². The van der Waals surface area contributed by atoms with Crippen LogP contribution in [-0.4, -0.2) is 23.1 Å². The normalized spacial score (nSPS) is 21.2. The summed E-state index contributed by atoms with van der Waals surface area (Å²) in [5, 5.41) is 8.66. The molecule has 1 aliphatic rings. The molecule has 0 heterocycles. The molecule has 1 N–H and O–H groups in total. The minimum absolute atomic E-state index is 0.0167. The zero-order valence-corrected chi connectivity index (χ0v) is 14.0. The summed E-state index contributed by atoms with van der Waals surface area (Å²) in [5.41, 5.74) is 2.58. The lowest BCUT2D eigenvalue weighted by molar-refractivity contribution is -0.144. The first-order valence-electron chi connectivity index (χ1n) is 8.33. The molecule has 0 saturated heterocycles. The molecule has 1 aliphatic carbocycles. The van der Waals surface area contributed by atoms with Gasteiger partial charge >= 0.3 is 11.9 Å². The molecule has 0 aromatic heterocycles. The van der Waals surface area contributed by atoms with Crippen LogP contribution in [0.2, 0.25) is 0 Å². The Morgan fingerprint density at radius 3 is 2.50 bits per heavy atom. The number of hydrogen-bond donors (Lipinski definition) is 1. The van der Waals surface area contributed by atoms with E-state index in [1.165, 1.54) is 5.56 Å². The number of rotatable bonds is 5. The quantitative estimate of drug-likeness (QED) is 0.497. The number of carbonyl (C=O) groups excluding carboxylic acids is 1. The molecule has 0 radical (unpaired) electrons. The number of carbonyl (C=O) groups is 2. The highest BCUT2D eigenvalue weighted by Crippen LogP contribution is 2.33. The summed E-state index contributed by atoms with van der Waals surface area (Å²) >= 11 is 0. The lowest BCUT2D eigenvalue weighted by Gasteiger charge is -2.16. The van der Waals surface area contributed by atoms with E-state index < -0.39 is 5.97 Å². The molecule has 1 aromatic carbocycles. The number of hydrogen-bond acceptors (Lipinski definition) is 3. The van der Waals surface area contributed by atoms with E-state index in [-0.39, 0.29) is 12.1 Å². The molecule has 1 fully saturated rings. The van der Waals surface area contributed by atoms with Crippen molar-refractivity contribution in [2.75, 3.05) is 0 Å². The molecule has 2 atom stereocenters. The van der Waals surface area contributed by atoms with Gasteiger partial charge < -0.3 is 9.84 Å². The van der Waals surface area contributed by atoms with Crippen molar-refractivity contribution in [2.45, 2.75) is 51.0 Å². The van der Waals surface area contributed by atoms with Gasteiger partial charge in [0.2, 0.25) is 0 Å². The standard InChI is InChI=1S/C20H24O4/c1-14(2)20(23)24-18-5-3-4-16(11-12-18)17-9-6-15(7-10-17)8-13-19(21)22/h6-10,13,16,18H,1,3-5,11-12H2,2H3,(H,21,22)/b13-8+. The van der Waals surface area contributed by atoms with E-state index in [4.69, 9.17) is 9.84 Å². The number of carboxylic acid groups (broad SMARTS) is 1. The number of esters is 1. The third-order valence-corrected chi connectivity index (χ3v) is 4.36. The van der Waals surface area contributed by atoms with Gasteiger partial charge in [0.1, 0.15) is 6.10 Å². The minimum atomic E-state index is -0.946. The second-order valence-electron chi connectivity index (χ2n) is 6.35. The average Bonchev–Trinajstić information content (AvgIpc) is 2.79. The number of carboxylic acids is 1. The summed E-state index contributed by atoms with van der Waals surface area (Å²) in [7, 11) is 0. The average molecular weight is 328 g/mol. The largest absolute Gasteiger partial charge is 0.478 e. The van der Waals surface area contributed by atoms with E-state index in [0.29, 0.717) is 11.5 Å². The molecule has 0 bridgehead atoms. The number of ether oxygens (including phenoxy) is 1. The van der Waals surface area contributed by atoms with Crippen LogP contribution in [0, 0.1) is 0 Å². The molecule has 4 heteroatoms. The van der Waals surface area contributed by atoms with Gasteiger partial charge in [-0.1, -0.05) is 30.8 Å². The Hall–Kier alpha value is -2.36. The maximum atomic E-state index is 11.7. The molecular weight excluding hydrogens is 304 g/mol. The fourth-order valence-corrected chi connectivity index (χ4v) is 3.02. The van der Waals surface area contributed by atoms with Crippen LogP contribution >= 0.6 is 0 Å². The van der Waals surface area contributed by atoms with Crippen LogP contribution in [0.3, 0.4) is 0 Å². The van der Waals surface area contributed by atoms with E-state index in [9.17, 15) is 9.59 Å². The highest BCUT2D eigenvalue weighted by molar-refractivity contribution is 5.87. The fourth-order valence-electron chi connectivity index (χ4n) is 3.02. The summed E-state index contributed by atoms with van der Waals surface area (Å²) < 4.78 is 5.49. The molecule has 4 nitrogen and oxygen atoms in total. The van der Waals surface area contributed by atoms with Gasteiger partial charge in [-0.3, -0.25) is 0 Å². The summed E-state index contributed by atoms with van der Waals surface area (Å²) in [4.78, 5) is 22.2. The van der Waals surface area contributed by atoms with Crippen molar-refractivity contribution in [2.24, 2.45) is 0 Å². The first kappa shape index (κ1) is 18.0. The summed E-state index contributed by atoms with van der Waals surface area (Å²) in [6.07, 6.45) is 7.56. The number of aliphatic carboxylic acids is 1. The molecule has 1 saturated carbocycles. The zero-order valence-electron chi connectivity index (χ0n) is 14.0.